The number of nitrogens with one attached hydrogen (secondary N) is 1. The molecule has 7 heteroatoms. The summed E-state index contributed by atoms with van der Waals surface area (Å²) in [5.74, 6) is 1.66. The third-order valence-corrected chi connectivity index (χ3v) is 5.80. The van der Waals surface area contributed by atoms with E-state index in [4.69, 9.17) is 21.1 Å². The molecule has 0 spiro atoms. The van der Waals surface area contributed by atoms with Gasteiger partial charge in [0.1, 0.15) is 0 Å². The number of hydrogen-bond acceptors (Lipinski definition) is 5. The topological polar surface area (TPSA) is 67.8 Å². The zero-order chi connectivity index (χ0) is 17.4. The highest BCUT2D eigenvalue weighted by molar-refractivity contribution is 8.00. The molecule has 0 aromatic heterocycles. The van der Waals surface area contributed by atoms with Crippen molar-refractivity contribution in [3.8, 4) is 11.5 Å². The van der Waals surface area contributed by atoms with Crippen LogP contribution in [0.3, 0.4) is 0 Å². The molecule has 0 fully saturated rings. The second-order valence-corrected chi connectivity index (χ2v) is 7.61. The summed E-state index contributed by atoms with van der Waals surface area (Å²) in [6, 6.07) is 10.7. The molecular formula is C18H16ClNO4S. The molecule has 2 aromatic carbocycles. The number of thioether (sulfide) groups is 1. The molecule has 2 unspecified atom stereocenters. The lowest BCUT2D eigenvalue weighted by atomic mass is 9.98. The second kappa shape index (κ2) is 6.78. The van der Waals surface area contributed by atoms with Crippen LogP contribution in [0.2, 0.25) is 5.02 Å². The summed E-state index contributed by atoms with van der Waals surface area (Å²) in [6.07, 6.45) is -0.115. The molecule has 2 aliphatic rings. The van der Waals surface area contributed by atoms with Crippen molar-refractivity contribution in [2.24, 2.45) is 0 Å². The predicted octanol–water partition coefficient (Wildman–Crippen LogP) is 3.40. The number of aliphatic hydroxyl groups is 1. The van der Waals surface area contributed by atoms with E-state index in [1.165, 1.54) is 11.8 Å². The van der Waals surface area contributed by atoms with Gasteiger partial charge in [0.15, 0.2) is 11.5 Å². The first-order valence-corrected chi connectivity index (χ1v) is 9.31. The zero-order valence-electron chi connectivity index (χ0n) is 13.2. The van der Waals surface area contributed by atoms with Crippen LogP contribution in [0.4, 0.5) is 5.69 Å². The molecule has 0 radical (unpaired) electrons. The Hall–Kier alpha value is -1.89. The lowest BCUT2D eigenvalue weighted by Gasteiger charge is -2.15. The molecule has 2 N–H and O–H groups in total. The highest BCUT2D eigenvalue weighted by Gasteiger charge is 2.30. The van der Waals surface area contributed by atoms with Crippen molar-refractivity contribution < 1.29 is 19.4 Å². The smallest absolute Gasteiger partial charge is 0.237 e. The molecule has 0 aliphatic carbocycles. The SMILES string of the molecule is O=C(Nc1ccc(Cl)cc1)C1Cc2cc3c(cc2C(O)CS1)OCO3. The van der Waals surface area contributed by atoms with Crippen molar-refractivity contribution in [2.75, 3.05) is 17.9 Å². The summed E-state index contributed by atoms with van der Waals surface area (Å²) in [7, 11) is 0. The number of carbonyl (C=O) groups is 1. The zero-order valence-corrected chi connectivity index (χ0v) is 14.8. The lowest BCUT2D eigenvalue weighted by Crippen LogP contribution is -2.27. The van der Waals surface area contributed by atoms with Gasteiger partial charge < -0.3 is 19.9 Å². The summed E-state index contributed by atoms with van der Waals surface area (Å²) in [4.78, 5) is 12.7. The van der Waals surface area contributed by atoms with Crippen LogP contribution >= 0.6 is 23.4 Å². The summed E-state index contributed by atoms with van der Waals surface area (Å²) >= 11 is 7.32. The highest BCUT2D eigenvalue weighted by atomic mass is 35.5. The highest BCUT2D eigenvalue weighted by Crippen LogP contribution is 2.40. The number of ether oxygens (including phenoxy) is 2. The number of carbonyl (C=O) groups excluding carboxylic acids is 1. The van der Waals surface area contributed by atoms with Gasteiger partial charge in [0, 0.05) is 16.5 Å². The number of anilines is 1. The van der Waals surface area contributed by atoms with Gasteiger partial charge in [-0.1, -0.05) is 11.6 Å². The van der Waals surface area contributed by atoms with Gasteiger partial charge in [-0.25, -0.2) is 0 Å². The molecule has 2 aliphatic heterocycles. The number of amides is 1. The van der Waals surface area contributed by atoms with Crippen LogP contribution < -0.4 is 14.8 Å². The van der Waals surface area contributed by atoms with E-state index in [-0.39, 0.29) is 18.0 Å². The van der Waals surface area contributed by atoms with Gasteiger partial charge in [0.05, 0.1) is 11.4 Å². The minimum atomic E-state index is -0.636. The maximum atomic E-state index is 12.7. The van der Waals surface area contributed by atoms with Crippen molar-refractivity contribution in [1.82, 2.24) is 0 Å². The molecule has 4 rings (SSSR count). The number of fused-ring (bicyclic) bond motifs is 2. The first-order chi connectivity index (χ1) is 12.1. The van der Waals surface area contributed by atoms with Crippen molar-refractivity contribution in [1.29, 1.82) is 0 Å². The number of halogens is 1. The molecule has 2 heterocycles. The van der Waals surface area contributed by atoms with Crippen LogP contribution in [0.1, 0.15) is 17.2 Å². The van der Waals surface area contributed by atoms with Gasteiger partial charge in [-0.15, -0.1) is 11.8 Å². The molecule has 0 saturated heterocycles. The van der Waals surface area contributed by atoms with Crippen molar-refractivity contribution >= 4 is 35.0 Å². The molecule has 25 heavy (non-hydrogen) atoms. The van der Waals surface area contributed by atoms with E-state index >= 15 is 0 Å². The fourth-order valence-corrected chi connectivity index (χ4v) is 4.19. The quantitative estimate of drug-likeness (QED) is 0.839. The fraction of sp³-hybridized carbons (Fsp3) is 0.278. The van der Waals surface area contributed by atoms with E-state index in [2.05, 4.69) is 5.32 Å². The van der Waals surface area contributed by atoms with Crippen molar-refractivity contribution in [3.05, 3.63) is 52.5 Å². The van der Waals surface area contributed by atoms with E-state index in [9.17, 15) is 9.90 Å². The predicted molar refractivity (Wildman–Crippen MR) is 97.6 cm³/mol. The Labute approximate surface area is 154 Å². The molecule has 1 amide bonds. The van der Waals surface area contributed by atoms with Crippen LogP contribution in [0, 0.1) is 0 Å². The van der Waals surface area contributed by atoms with E-state index in [0.717, 1.165) is 11.1 Å². The minimum absolute atomic E-state index is 0.0926. The summed E-state index contributed by atoms with van der Waals surface area (Å²) in [5, 5.41) is 13.7. The van der Waals surface area contributed by atoms with E-state index in [1.54, 1.807) is 24.3 Å². The average molecular weight is 378 g/mol. The molecule has 0 bridgehead atoms. The Balaban J connectivity index is 1.55. The van der Waals surface area contributed by atoms with Crippen LogP contribution in [-0.4, -0.2) is 28.8 Å². The van der Waals surface area contributed by atoms with Gasteiger partial charge in [-0.2, -0.15) is 0 Å². The molecule has 2 atom stereocenters. The van der Waals surface area contributed by atoms with Gasteiger partial charge >= 0.3 is 0 Å². The second-order valence-electron chi connectivity index (χ2n) is 5.94. The largest absolute Gasteiger partial charge is 0.454 e. The lowest BCUT2D eigenvalue weighted by molar-refractivity contribution is -0.115. The Morgan fingerprint density at radius 1 is 1.20 bits per heavy atom. The van der Waals surface area contributed by atoms with Gasteiger partial charge in [0.2, 0.25) is 12.7 Å². The number of benzene rings is 2. The standard InChI is InChI=1S/C18H16ClNO4S/c19-11-1-3-12(4-2-11)20-18(22)17-6-10-5-15-16(24-9-23-15)7-13(10)14(21)8-25-17/h1-5,7,14,17,21H,6,8-9H2,(H,20,22). The Bertz CT molecular complexity index is 811. The van der Waals surface area contributed by atoms with E-state index in [0.29, 0.717) is 34.4 Å². The minimum Gasteiger partial charge on any atom is -0.454 e. The Morgan fingerprint density at radius 3 is 2.68 bits per heavy atom. The molecule has 130 valence electrons. The summed E-state index contributed by atoms with van der Waals surface area (Å²) in [5.41, 5.74) is 2.42. The molecule has 5 nitrogen and oxygen atoms in total. The normalized spacial score (nSPS) is 21.4. The van der Waals surface area contributed by atoms with Gasteiger partial charge in [-0.3, -0.25) is 4.79 Å². The van der Waals surface area contributed by atoms with Gasteiger partial charge in [0.25, 0.3) is 0 Å². The van der Waals surface area contributed by atoms with Crippen LogP contribution in [0.25, 0.3) is 0 Å². The van der Waals surface area contributed by atoms with Crippen LogP contribution in [-0.2, 0) is 11.2 Å². The van der Waals surface area contributed by atoms with E-state index in [1.807, 2.05) is 12.1 Å². The average Bonchev–Trinajstić information content (AvgIpc) is 3.00. The maximum Gasteiger partial charge on any atom is 0.237 e. The van der Waals surface area contributed by atoms with Crippen LogP contribution in [0.5, 0.6) is 11.5 Å². The summed E-state index contributed by atoms with van der Waals surface area (Å²) in [6.45, 7) is 0.184. The summed E-state index contributed by atoms with van der Waals surface area (Å²) < 4.78 is 10.8. The molecular weight excluding hydrogens is 362 g/mol. The number of aliphatic hydroxyl groups excluding tert-OH is 1. The first-order valence-electron chi connectivity index (χ1n) is 7.88. The third kappa shape index (κ3) is 3.42. The Morgan fingerprint density at radius 2 is 1.92 bits per heavy atom. The third-order valence-electron chi connectivity index (χ3n) is 4.26. The molecule has 0 saturated carbocycles. The first kappa shape index (κ1) is 16.6. The number of rotatable bonds is 2. The number of hydrogen-bond donors (Lipinski definition) is 2. The van der Waals surface area contributed by atoms with E-state index < -0.39 is 6.10 Å². The molecule has 2 aromatic rings. The van der Waals surface area contributed by atoms with Crippen molar-refractivity contribution in [2.45, 2.75) is 17.8 Å². The monoisotopic (exact) mass is 377 g/mol. The fourth-order valence-electron chi connectivity index (χ4n) is 2.97. The maximum absolute atomic E-state index is 12.7. The van der Waals surface area contributed by atoms with Crippen molar-refractivity contribution in [3.63, 3.8) is 0 Å². The Kier molecular flexibility index (Phi) is 4.50. The van der Waals surface area contributed by atoms with Gasteiger partial charge in [-0.05, 0) is 53.9 Å². The van der Waals surface area contributed by atoms with Crippen LogP contribution in [0.15, 0.2) is 36.4 Å².